The zero-order valence-corrected chi connectivity index (χ0v) is 14.1. The van der Waals surface area contributed by atoms with E-state index >= 15 is 0 Å². The Bertz CT molecular complexity index is 671. The summed E-state index contributed by atoms with van der Waals surface area (Å²) < 4.78 is 14.3. The summed E-state index contributed by atoms with van der Waals surface area (Å²) in [6.07, 6.45) is 2.50. The molecule has 1 fully saturated rings. The number of fused-ring (bicyclic) bond motifs is 1. The molecule has 122 valence electrons. The second-order valence-corrected chi connectivity index (χ2v) is 7.59. The molecule has 2 heterocycles. The molecule has 3 rings (SSSR count). The molecule has 0 amide bonds. The third-order valence-electron chi connectivity index (χ3n) is 4.44. The van der Waals surface area contributed by atoms with E-state index in [0.29, 0.717) is 18.7 Å². The highest BCUT2D eigenvalue weighted by atomic mass is 32.2. The van der Waals surface area contributed by atoms with Gasteiger partial charge in [0.2, 0.25) is 5.12 Å². The number of likely N-dealkylation sites (tertiary alicyclic amines) is 1. The van der Waals surface area contributed by atoms with Crippen molar-refractivity contribution in [2.24, 2.45) is 5.92 Å². The van der Waals surface area contributed by atoms with Gasteiger partial charge in [-0.3, -0.25) is 14.5 Å². The number of ketones is 1. The van der Waals surface area contributed by atoms with Gasteiger partial charge in [0.15, 0.2) is 5.78 Å². The van der Waals surface area contributed by atoms with Crippen LogP contribution in [0, 0.1) is 11.7 Å². The Labute approximate surface area is 139 Å². The maximum atomic E-state index is 14.3. The van der Waals surface area contributed by atoms with E-state index in [-0.39, 0.29) is 27.9 Å². The van der Waals surface area contributed by atoms with Gasteiger partial charge in [0.1, 0.15) is 5.82 Å². The lowest BCUT2D eigenvalue weighted by atomic mass is 9.91. The summed E-state index contributed by atoms with van der Waals surface area (Å²) in [6.45, 7) is 4.94. The number of Topliss-reactive ketones (excluding diaryl/α,β-unsaturated/α-hetero) is 1. The molecule has 2 atom stereocenters. The summed E-state index contributed by atoms with van der Waals surface area (Å²) >= 11 is 1.36. The third-order valence-corrected chi connectivity index (χ3v) is 5.62. The van der Waals surface area contributed by atoms with E-state index in [2.05, 4.69) is 0 Å². The largest absolute Gasteiger partial charge is 0.297 e. The van der Waals surface area contributed by atoms with Gasteiger partial charge in [-0.15, -0.1) is 0 Å². The number of carbonyl (C=O) groups excluding carboxylic acids is 2. The summed E-state index contributed by atoms with van der Waals surface area (Å²) in [5, 5.41) is 0.318. The van der Waals surface area contributed by atoms with Crippen molar-refractivity contribution in [2.75, 3.05) is 13.1 Å². The minimum Gasteiger partial charge on any atom is -0.297 e. The van der Waals surface area contributed by atoms with E-state index in [1.165, 1.54) is 17.8 Å². The second-order valence-electron chi connectivity index (χ2n) is 6.39. The molecule has 0 saturated carbocycles. The normalized spacial score (nSPS) is 22.9. The first kappa shape index (κ1) is 16.4. The van der Waals surface area contributed by atoms with Crippen LogP contribution in [0.5, 0.6) is 0 Å². The predicted molar refractivity (Wildman–Crippen MR) is 89.6 cm³/mol. The average Bonchev–Trinajstić information content (AvgIpc) is 2.88. The third kappa shape index (κ3) is 3.26. The summed E-state index contributed by atoms with van der Waals surface area (Å²) in [5.74, 6) is -0.503. The SMILES string of the molecule is CC(C)C(=O)C(c1ccccc1F)N1CCC2SC(=O)C=C2C1. The zero-order valence-electron chi connectivity index (χ0n) is 13.3. The standard InChI is InChI=1S/C18H20FNO2S/c1-11(2)18(22)17(13-5-3-4-6-14(13)19)20-8-7-15-12(10-20)9-16(21)23-15/h3-6,9,11,15,17H,7-8,10H2,1-2H3. The van der Waals surface area contributed by atoms with E-state index < -0.39 is 6.04 Å². The zero-order chi connectivity index (χ0) is 16.6. The summed E-state index contributed by atoms with van der Waals surface area (Å²) in [5.41, 5.74) is 1.49. The fourth-order valence-electron chi connectivity index (χ4n) is 3.25. The number of hydrogen-bond donors (Lipinski definition) is 0. The van der Waals surface area contributed by atoms with Crippen LogP contribution >= 0.6 is 11.8 Å². The van der Waals surface area contributed by atoms with Crippen molar-refractivity contribution >= 4 is 22.7 Å². The number of carbonyl (C=O) groups is 2. The summed E-state index contributed by atoms with van der Waals surface area (Å²) in [7, 11) is 0. The topological polar surface area (TPSA) is 37.4 Å². The number of thioether (sulfide) groups is 1. The molecule has 0 N–H and O–H groups in total. The van der Waals surface area contributed by atoms with E-state index in [4.69, 9.17) is 0 Å². The van der Waals surface area contributed by atoms with Gasteiger partial charge in [-0.1, -0.05) is 43.8 Å². The Hall–Kier alpha value is -1.46. The molecule has 23 heavy (non-hydrogen) atoms. The van der Waals surface area contributed by atoms with Gasteiger partial charge in [0.25, 0.3) is 0 Å². The Morgan fingerprint density at radius 3 is 2.78 bits per heavy atom. The van der Waals surface area contributed by atoms with Crippen LogP contribution in [0.3, 0.4) is 0 Å². The summed E-state index contributed by atoms with van der Waals surface area (Å²) in [4.78, 5) is 26.4. The van der Waals surface area contributed by atoms with Crippen LogP contribution in [0.15, 0.2) is 35.9 Å². The second kappa shape index (κ2) is 6.57. The van der Waals surface area contributed by atoms with Gasteiger partial charge in [-0.05, 0) is 24.1 Å². The molecule has 0 radical (unpaired) electrons. The van der Waals surface area contributed by atoms with Crippen LogP contribution in [-0.4, -0.2) is 34.1 Å². The number of benzene rings is 1. The van der Waals surface area contributed by atoms with E-state index in [9.17, 15) is 14.0 Å². The fraction of sp³-hybridized carbons (Fsp3) is 0.444. The first-order valence-corrected chi connectivity index (χ1v) is 8.78. The molecule has 2 aliphatic rings. The number of halogens is 1. The number of nitrogens with zero attached hydrogens (tertiary/aromatic N) is 1. The van der Waals surface area contributed by atoms with E-state index in [1.807, 2.05) is 18.7 Å². The van der Waals surface area contributed by atoms with Crippen LogP contribution in [0.25, 0.3) is 0 Å². The van der Waals surface area contributed by atoms with Gasteiger partial charge >= 0.3 is 0 Å². The molecule has 0 aromatic heterocycles. The van der Waals surface area contributed by atoms with Crippen LogP contribution < -0.4 is 0 Å². The summed E-state index contributed by atoms with van der Waals surface area (Å²) in [6, 6.07) is 5.90. The first-order chi connectivity index (χ1) is 11.0. The molecular formula is C18H20FNO2S. The molecule has 2 unspecified atom stereocenters. The van der Waals surface area contributed by atoms with Gasteiger partial charge < -0.3 is 0 Å². The highest BCUT2D eigenvalue weighted by molar-refractivity contribution is 8.15. The van der Waals surface area contributed by atoms with Crippen molar-refractivity contribution in [3.8, 4) is 0 Å². The Kier molecular flexibility index (Phi) is 4.69. The minimum absolute atomic E-state index is 0.0196. The van der Waals surface area contributed by atoms with E-state index in [0.717, 1.165) is 12.0 Å². The van der Waals surface area contributed by atoms with Crippen LogP contribution in [0.2, 0.25) is 0 Å². The van der Waals surface area contributed by atoms with E-state index in [1.54, 1.807) is 24.3 Å². The molecule has 0 bridgehead atoms. The highest BCUT2D eigenvalue weighted by Crippen LogP contribution is 2.38. The lowest BCUT2D eigenvalue weighted by molar-refractivity contribution is -0.127. The number of hydrogen-bond acceptors (Lipinski definition) is 4. The monoisotopic (exact) mass is 333 g/mol. The number of rotatable bonds is 4. The van der Waals surface area contributed by atoms with Crippen molar-refractivity contribution in [3.63, 3.8) is 0 Å². The maximum absolute atomic E-state index is 14.3. The quantitative estimate of drug-likeness (QED) is 0.847. The van der Waals surface area contributed by atoms with Crippen molar-refractivity contribution in [1.82, 2.24) is 4.90 Å². The molecule has 2 aliphatic heterocycles. The molecule has 1 saturated heterocycles. The lowest BCUT2D eigenvalue weighted by Gasteiger charge is -2.37. The van der Waals surface area contributed by atoms with Crippen LogP contribution in [0.4, 0.5) is 4.39 Å². The molecule has 3 nitrogen and oxygen atoms in total. The van der Waals surface area contributed by atoms with Crippen molar-refractivity contribution in [3.05, 3.63) is 47.3 Å². The molecule has 1 aromatic rings. The smallest absolute Gasteiger partial charge is 0.212 e. The fourth-order valence-corrected chi connectivity index (χ4v) is 4.26. The van der Waals surface area contributed by atoms with Gasteiger partial charge in [-0.25, -0.2) is 4.39 Å². The first-order valence-electron chi connectivity index (χ1n) is 7.90. The van der Waals surface area contributed by atoms with Gasteiger partial charge in [0.05, 0.1) is 6.04 Å². The van der Waals surface area contributed by atoms with Crippen LogP contribution in [-0.2, 0) is 9.59 Å². The maximum Gasteiger partial charge on any atom is 0.212 e. The molecule has 0 aliphatic carbocycles. The molecule has 1 aromatic carbocycles. The molecule has 0 spiro atoms. The molecule has 5 heteroatoms. The van der Waals surface area contributed by atoms with Gasteiger partial charge in [0, 0.05) is 29.8 Å². The average molecular weight is 333 g/mol. The van der Waals surface area contributed by atoms with Crippen molar-refractivity contribution in [2.45, 2.75) is 31.6 Å². The Morgan fingerprint density at radius 1 is 1.35 bits per heavy atom. The Balaban J connectivity index is 1.93. The predicted octanol–water partition coefficient (Wildman–Crippen LogP) is 3.37. The van der Waals surface area contributed by atoms with Crippen molar-refractivity contribution in [1.29, 1.82) is 0 Å². The Morgan fingerprint density at radius 2 is 2.09 bits per heavy atom. The van der Waals surface area contributed by atoms with Crippen molar-refractivity contribution < 1.29 is 14.0 Å². The van der Waals surface area contributed by atoms with Crippen LogP contribution in [0.1, 0.15) is 31.9 Å². The molecular weight excluding hydrogens is 313 g/mol. The minimum atomic E-state index is -0.584. The highest BCUT2D eigenvalue weighted by Gasteiger charge is 2.37. The lowest BCUT2D eigenvalue weighted by Crippen LogP contribution is -2.43. The van der Waals surface area contributed by atoms with Gasteiger partial charge in [-0.2, -0.15) is 0 Å². The number of piperidine rings is 1.